The highest BCUT2D eigenvalue weighted by atomic mass is 16.5. The first kappa shape index (κ1) is 11.2. The molecule has 3 heteroatoms. The highest BCUT2D eigenvalue weighted by Crippen LogP contribution is 2.59. The molecular formula is C14H20N2O. The van der Waals surface area contributed by atoms with Gasteiger partial charge in [-0.1, -0.05) is 0 Å². The lowest BCUT2D eigenvalue weighted by Gasteiger charge is -2.58. The molecule has 92 valence electrons. The fourth-order valence-electron chi connectivity index (χ4n) is 3.71. The van der Waals surface area contributed by atoms with Crippen molar-refractivity contribution in [2.24, 2.45) is 11.1 Å². The highest BCUT2D eigenvalue weighted by molar-refractivity contribution is 5.29. The molecule has 1 spiro atoms. The molecule has 0 atom stereocenters. The summed E-state index contributed by atoms with van der Waals surface area (Å²) in [5, 5.41) is 0. The Kier molecular flexibility index (Phi) is 2.68. The van der Waals surface area contributed by atoms with E-state index in [2.05, 4.69) is 17.1 Å². The molecule has 2 heterocycles. The SMILES string of the molecule is NCC1(c2ccncc2)CC2(CCOCC2)C1. The molecule has 0 aromatic carbocycles. The van der Waals surface area contributed by atoms with Gasteiger partial charge in [0.1, 0.15) is 0 Å². The number of hydrogen-bond acceptors (Lipinski definition) is 3. The maximum atomic E-state index is 6.04. The number of pyridine rings is 1. The monoisotopic (exact) mass is 232 g/mol. The molecular weight excluding hydrogens is 212 g/mol. The number of nitrogens with zero attached hydrogens (tertiary/aromatic N) is 1. The maximum Gasteiger partial charge on any atom is 0.0471 e. The summed E-state index contributed by atoms with van der Waals surface area (Å²) in [6.45, 7) is 2.60. The molecule has 0 radical (unpaired) electrons. The third kappa shape index (κ3) is 1.78. The Hall–Kier alpha value is -0.930. The number of ether oxygens (including phenoxy) is 1. The third-order valence-electron chi connectivity index (χ3n) is 4.66. The first-order valence-electron chi connectivity index (χ1n) is 6.47. The Morgan fingerprint density at radius 2 is 1.82 bits per heavy atom. The van der Waals surface area contributed by atoms with E-state index in [1.807, 2.05) is 12.4 Å². The first-order chi connectivity index (χ1) is 8.29. The van der Waals surface area contributed by atoms with E-state index in [0.29, 0.717) is 5.41 Å². The van der Waals surface area contributed by atoms with E-state index in [1.165, 1.54) is 31.2 Å². The summed E-state index contributed by atoms with van der Waals surface area (Å²) < 4.78 is 5.47. The van der Waals surface area contributed by atoms with Crippen molar-refractivity contribution < 1.29 is 4.74 Å². The zero-order chi connectivity index (χ0) is 11.8. The minimum Gasteiger partial charge on any atom is -0.381 e. The van der Waals surface area contributed by atoms with E-state index < -0.39 is 0 Å². The summed E-state index contributed by atoms with van der Waals surface area (Å²) in [6.07, 6.45) is 8.62. The Balaban J connectivity index is 1.79. The summed E-state index contributed by atoms with van der Waals surface area (Å²) in [5.41, 5.74) is 8.13. The van der Waals surface area contributed by atoms with Crippen LogP contribution in [0.5, 0.6) is 0 Å². The first-order valence-corrected chi connectivity index (χ1v) is 6.47. The van der Waals surface area contributed by atoms with Crippen LogP contribution >= 0.6 is 0 Å². The molecule has 2 aliphatic rings. The van der Waals surface area contributed by atoms with E-state index in [4.69, 9.17) is 10.5 Å². The van der Waals surface area contributed by atoms with Gasteiger partial charge in [0, 0.05) is 37.6 Å². The summed E-state index contributed by atoms with van der Waals surface area (Å²) in [6, 6.07) is 4.25. The van der Waals surface area contributed by atoms with Crippen LogP contribution in [0.15, 0.2) is 24.5 Å². The number of hydrogen-bond donors (Lipinski definition) is 1. The van der Waals surface area contributed by atoms with Crippen molar-refractivity contribution >= 4 is 0 Å². The van der Waals surface area contributed by atoms with E-state index in [0.717, 1.165) is 19.8 Å². The number of aromatic nitrogens is 1. The summed E-state index contributed by atoms with van der Waals surface area (Å²) in [4.78, 5) is 4.09. The number of rotatable bonds is 2. The van der Waals surface area contributed by atoms with E-state index >= 15 is 0 Å². The molecule has 0 unspecified atom stereocenters. The van der Waals surface area contributed by atoms with Crippen molar-refractivity contribution in [1.82, 2.24) is 4.98 Å². The molecule has 1 saturated carbocycles. The molecule has 1 aliphatic heterocycles. The van der Waals surface area contributed by atoms with Gasteiger partial charge in [-0.05, 0) is 48.8 Å². The fraction of sp³-hybridized carbons (Fsp3) is 0.643. The van der Waals surface area contributed by atoms with Gasteiger partial charge in [-0.15, -0.1) is 0 Å². The van der Waals surface area contributed by atoms with Gasteiger partial charge in [0.15, 0.2) is 0 Å². The van der Waals surface area contributed by atoms with Crippen molar-refractivity contribution in [3.63, 3.8) is 0 Å². The van der Waals surface area contributed by atoms with Crippen LogP contribution in [-0.4, -0.2) is 24.7 Å². The fourth-order valence-corrected chi connectivity index (χ4v) is 3.71. The lowest BCUT2D eigenvalue weighted by Crippen LogP contribution is -2.55. The predicted octanol–water partition coefficient (Wildman–Crippen LogP) is 1.87. The van der Waals surface area contributed by atoms with Crippen molar-refractivity contribution in [2.45, 2.75) is 31.1 Å². The van der Waals surface area contributed by atoms with Gasteiger partial charge in [-0.2, -0.15) is 0 Å². The Morgan fingerprint density at radius 1 is 1.18 bits per heavy atom. The third-order valence-corrected chi connectivity index (χ3v) is 4.66. The molecule has 3 rings (SSSR count). The van der Waals surface area contributed by atoms with Gasteiger partial charge in [0.05, 0.1) is 0 Å². The van der Waals surface area contributed by atoms with Gasteiger partial charge in [-0.3, -0.25) is 4.98 Å². The van der Waals surface area contributed by atoms with Gasteiger partial charge in [0.25, 0.3) is 0 Å². The minimum atomic E-state index is 0.209. The Labute approximate surface area is 102 Å². The summed E-state index contributed by atoms with van der Waals surface area (Å²) >= 11 is 0. The van der Waals surface area contributed by atoms with Crippen molar-refractivity contribution in [3.8, 4) is 0 Å². The van der Waals surface area contributed by atoms with Crippen LogP contribution in [0.1, 0.15) is 31.2 Å². The zero-order valence-corrected chi connectivity index (χ0v) is 10.2. The second kappa shape index (κ2) is 4.07. The smallest absolute Gasteiger partial charge is 0.0471 e. The van der Waals surface area contributed by atoms with E-state index in [9.17, 15) is 0 Å². The van der Waals surface area contributed by atoms with Gasteiger partial charge in [0.2, 0.25) is 0 Å². The molecule has 0 amide bonds. The molecule has 3 nitrogen and oxygen atoms in total. The topological polar surface area (TPSA) is 48.1 Å². The maximum absolute atomic E-state index is 6.04. The highest BCUT2D eigenvalue weighted by Gasteiger charge is 2.54. The van der Waals surface area contributed by atoms with Crippen LogP contribution in [0.2, 0.25) is 0 Å². The van der Waals surface area contributed by atoms with E-state index in [-0.39, 0.29) is 5.41 Å². The molecule has 1 aromatic heterocycles. The normalized spacial score (nSPS) is 25.5. The molecule has 1 aliphatic carbocycles. The van der Waals surface area contributed by atoms with Gasteiger partial charge in [-0.25, -0.2) is 0 Å². The Morgan fingerprint density at radius 3 is 2.41 bits per heavy atom. The molecule has 17 heavy (non-hydrogen) atoms. The minimum absolute atomic E-state index is 0.209. The molecule has 2 fully saturated rings. The van der Waals surface area contributed by atoms with Gasteiger partial charge >= 0.3 is 0 Å². The predicted molar refractivity (Wildman–Crippen MR) is 66.7 cm³/mol. The molecule has 0 bridgehead atoms. The second-order valence-corrected chi connectivity index (χ2v) is 5.69. The van der Waals surface area contributed by atoms with Crippen LogP contribution in [0, 0.1) is 5.41 Å². The molecule has 2 N–H and O–H groups in total. The zero-order valence-electron chi connectivity index (χ0n) is 10.2. The van der Waals surface area contributed by atoms with Crippen LogP contribution < -0.4 is 5.73 Å². The molecule has 1 aromatic rings. The Bertz CT molecular complexity index is 376. The largest absolute Gasteiger partial charge is 0.381 e. The lowest BCUT2D eigenvalue weighted by molar-refractivity contribution is -0.0714. The average Bonchev–Trinajstić information content (AvgIpc) is 2.37. The summed E-state index contributed by atoms with van der Waals surface area (Å²) in [7, 11) is 0. The average molecular weight is 232 g/mol. The van der Waals surface area contributed by atoms with Crippen molar-refractivity contribution in [1.29, 1.82) is 0 Å². The standard InChI is InChI=1S/C14H20N2O/c15-11-14(12-1-5-16-6-2-12)9-13(10-14)3-7-17-8-4-13/h1-2,5-6H,3-4,7-11,15H2. The molecule has 1 saturated heterocycles. The number of nitrogens with two attached hydrogens (primary N) is 1. The van der Waals surface area contributed by atoms with Crippen LogP contribution in [0.25, 0.3) is 0 Å². The van der Waals surface area contributed by atoms with Crippen LogP contribution in [0.3, 0.4) is 0 Å². The van der Waals surface area contributed by atoms with E-state index in [1.54, 1.807) is 0 Å². The quantitative estimate of drug-likeness (QED) is 0.846. The van der Waals surface area contributed by atoms with Crippen molar-refractivity contribution in [3.05, 3.63) is 30.1 Å². The second-order valence-electron chi connectivity index (χ2n) is 5.69. The summed E-state index contributed by atoms with van der Waals surface area (Å²) in [5.74, 6) is 0. The lowest BCUT2D eigenvalue weighted by atomic mass is 9.48. The van der Waals surface area contributed by atoms with Crippen LogP contribution in [-0.2, 0) is 10.2 Å². The van der Waals surface area contributed by atoms with Gasteiger partial charge < -0.3 is 10.5 Å². The van der Waals surface area contributed by atoms with Crippen molar-refractivity contribution in [2.75, 3.05) is 19.8 Å². The van der Waals surface area contributed by atoms with Crippen LogP contribution in [0.4, 0.5) is 0 Å².